The second kappa shape index (κ2) is 12.1. The van der Waals surface area contributed by atoms with Gasteiger partial charge in [-0.3, -0.25) is 0 Å². The summed E-state index contributed by atoms with van der Waals surface area (Å²) in [5, 5.41) is 6.79. The van der Waals surface area contributed by atoms with E-state index in [9.17, 15) is 0 Å². The molecule has 0 fully saturated rings. The van der Waals surface area contributed by atoms with Crippen molar-refractivity contribution in [2.75, 3.05) is 0 Å². The van der Waals surface area contributed by atoms with E-state index in [1.165, 1.54) is 16.3 Å². The van der Waals surface area contributed by atoms with E-state index in [-0.39, 0.29) is 0 Å². The molecule has 0 aliphatic rings. The van der Waals surface area contributed by atoms with Crippen molar-refractivity contribution in [3.05, 3.63) is 182 Å². The van der Waals surface area contributed by atoms with Gasteiger partial charge in [0.05, 0.1) is 16.4 Å². The van der Waals surface area contributed by atoms with Gasteiger partial charge in [-0.15, -0.1) is 0 Å². The zero-order valence-corrected chi connectivity index (χ0v) is 29.0. The Morgan fingerprint density at radius 1 is 0.370 bits per heavy atom. The number of hydrogen-bond donors (Lipinski definition) is 0. The van der Waals surface area contributed by atoms with Crippen molar-refractivity contribution in [3.63, 3.8) is 0 Å². The molecule has 0 aliphatic heterocycles. The van der Waals surface area contributed by atoms with E-state index in [1.807, 2.05) is 42.5 Å². The minimum absolute atomic E-state index is 0.620. The predicted molar refractivity (Wildman–Crippen MR) is 221 cm³/mol. The summed E-state index contributed by atoms with van der Waals surface area (Å²) in [6.07, 6.45) is 0. The third kappa shape index (κ3) is 4.83. The summed E-state index contributed by atoms with van der Waals surface area (Å²) in [7, 11) is 0. The average Bonchev–Trinajstić information content (AvgIpc) is 3.49. The molecule has 3 aromatic heterocycles. The highest BCUT2D eigenvalue weighted by atomic mass is 16.3. The van der Waals surface area contributed by atoms with E-state index in [0.29, 0.717) is 17.5 Å². The van der Waals surface area contributed by atoms with E-state index in [2.05, 4.69) is 144 Å². The van der Waals surface area contributed by atoms with Crippen LogP contribution in [0.5, 0.6) is 0 Å². The van der Waals surface area contributed by atoms with Crippen molar-refractivity contribution in [1.82, 2.24) is 19.5 Å². The molecule has 0 unspecified atom stereocenters. The Morgan fingerprint density at radius 2 is 0.889 bits per heavy atom. The molecule has 54 heavy (non-hydrogen) atoms. The van der Waals surface area contributed by atoms with Crippen LogP contribution in [0.15, 0.2) is 186 Å². The number of para-hydroxylation sites is 1. The van der Waals surface area contributed by atoms with Crippen molar-refractivity contribution in [2.45, 2.75) is 0 Å². The summed E-state index contributed by atoms with van der Waals surface area (Å²) < 4.78 is 9.20. The summed E-state index contributed by atoms with van der Waals surface area (Å²) in [5.74, 6) is 1.89. The fraction of sp³-hybridized carbons (Fsp3) is 0. The molecule has 8 aromatic carbocycles. The number of aromatic nitrogens is 4. The first-order chi connectivity index (χ1) is 26.8. The molecule has 11 rings (SSSR count). The Hall–Kier alpha value is -7.37. The molecule has 0 amide bonds. The van der Waals surface area contributed by atoms with Crippen LogP contribution in [0.4, 0.5) is 0 Å². The van der Waals surface area contributed by atoms with E-state index in [1.54, 1.807) is 0 Å². The van der Waals surface area contributed by atoms with E-state index < -0.39 is 0 Å². The number of rotatable bonds is 5. The SMILES string of the molecule is c1ccc(-c2ccc(-c3nc(-c4ccccc4)nc(-c4ccc(-n5c6cccc7c8ccccc8oc8c9ccccc9cc5c8c76)cc4)n3)cc2)cc1. The largest absolute Gasteiger partial charge is 0.455 e. The zero-order chi connectivity index (χ0) is 35.6. The molecule has 0 saturated carbocycles. The highest BCUT2D eigenvalue weighted by Crippen LogP contribution is 2.43. The van der Waals surface area contributed by atoms with Gasteiger partial charge in [-0.05, 0) is 64.4 Å². The van der Waals surface area contributed by atoms with Crippen LogP contribution in [-0.4, -0.2) is 19.5 Å². The lowest BCUT2D eigenvalue weighted by Crippen LogP contribution is -2.00. The van der Waals surface area contributed by atoms with Crippen molar-refractivity contribution < 1.29 is 4.42 Å². The van der Waals surface area contributed by atoms with Crippen LogP contribution in [0.3, 0.4) is 0 Å². The smallest absolute Gasteiger partial charge is 0.164 e. The molecule has 0 bridgehead atoms. The minimum atomic E-state index is 0.620. The molecule has 0 aliphatic carbocycles. The molecule has 5 nitrogen and oxygen atoms in total. The maximum Gasteiger partial charge on any atom is 0.164 e. The predicted octanol–water partition coefficient (Wildman–Crippen LogP) is 12.7. The Labute approximate surface area is 310 Å². The monoisotopic (exact) mass is 690 g/mol. The van der Waals surface area contributed by atoms with Gasteiger partial charge in [0.25, 0.3) is 0 Å². The standard InChI is InChI=1S/C49H30N4O/c1-3-12-31(13-4-1)32-22-24-34(25-23-32)48-50-47(33-14-5-2-6-15-33)51-49(52-48)35-26-28-37(29-27-35)53-41-20-11-19-40-39-18-9-10-21-43(39)54-46-38-17-8-7-16-36(38)30-42(53)45(46)44(40)41/h1-30H. The van der Waals surface area contributed by atoms with Crippen LogP contribution >= 0.6 is 0 Å². The fourth-order valence-corrected chi connectivity index (χ4v) is 7.89. The number of hydrogen-bond acceptors (Lipinski definition) is 4. The molecule has 252 valence electrons. The molecule has 0 radical (unpaired) electrons. The average molecular weight is 691 g/mol. The maximum atomic E-state index is 6.85. The third-order valence-electron chi connectivity index (χ3n) is 10.4. The lowest BCUT2D eigenvalue weighted by atomic mass is 10.0. The molecule has 0 atom stereocenters. The lowest BCUT2D eigenvalue weighted by molar-refractivity contribution is 0.667. The summed E-state index contributed by atoms with van der Waals surface area (Å²) in [6.45, 7) is 0. The Morgan fingerprint density at radius 3 is 1.59 bits per heavy atom. The van der Waals surface area contributed by atoms with Crippen molar-refractivity contribution in [3.8, 4) is 51.0 Å². The molecular weight excluding hydrogens is 661 g/mol. The number of benzene rings is 8. The molecule has 11 aromatic rings. The van der Waals surface area contributed by atoms with Gasteiger partial charge in [0.15, 0.2) is 17.5 Å². The third-order valence-corrected chi connectivity index (χ3v) is 10.4. The first-order valence-electron chi connectivity index (χ1n) is 18.1. The first kappa shape index (κ1) is 30.3. The minimum Gasteiger partial charge on any atom is -0.455 e. The molecular formula is C49H30N4O. The summed E-state index contributed by atoms with van der Waals surface area (Å²) in [6, 6.07) is 63.1. The summed E-state index contributed by atoms with van der Waals surface area (Å²) in [4.78, 5) is 15.0. The quantitative estimate of drug-likeness (QED) is 0.180. The number of nitrogens with zero attached hydrogens (tertiary/aromatic N) is 4. The molecule has 3 heterocycles. The van der Waals surface area contributed by atoms with Gasteiger partial charge in [-0.25, -0.2) is 15.0 Å². The van der Waals surface area contributed by atoms with Crippen LogP contribution in [0.2, 0.25) is 0 Å². The second-order valence-corrected chi connectivity index (χ2v) is 13.6. The van der Waals surface area contributed by atoms with Gasteiger partial charge in [0.1, 0.15) is 11.2 Å². The molecule has 0 spiro atoms. The number of fused-ring (bicyclic) bond motifs is 4. The van der Waals surface area contributed by atoms with Gasteiger partial charge in [-0.2, -0.15) is 0 Å². The van der Waals surface area contributed by atoms with Crippen LogP contribution in [0, 0.1) is 0 Å². The zero-order valence-electron chi connectivity index (χ0n) is 29.0. The van der Waals surface area contributed by atoms with Gasteiger partial charge in [0, 0.05) is 38.5 Å². The maximum absolute atomic E-state index is 6.85. The van der Waals surface area contributed by atoms with Gasteiger partial charge < -0.3 is 8.98 Å². The van der Waals surface area contributed by atoms with Crippen molar-refractivity contribution >= 4 is 54.5 Å². The van der Waals surface area contributed by atoms with E-state index in [4.69, 9.17) is 19.4 Å². The van der Waals surface area contributed by atoms with E-state index >= 15 is 0 Å². The molecule has 5 heteroatoms. The highest BCUT2D eigenvalue weighted by molar-refractivity contribution is 6.30. The van der Waals surface area contributed by atoms with Crippen molar-refractivity contribution in [1.29, 1.82) is 0 Å². The van der Waals surface area contributed by atoms with Crippen LogP contribution in [0.1, 0.15) is 0 Å². The first-order valence-corrected chi connectivity index (χ1v) is 18.1. The van der Waals surface area contributed by atoms with Crippen LogP contribution in [0.25, 0.3) is 105 Å². The Bertz CT molecular complexity index is 3180. The van der Waals surface area contributed by atoms with E-state index in [0.717, 1.165) is 71.7 Å². The second-order valence-electron chi connectivity index (χ2n) is 13.6. The summed E-state index contributed by atoms with van der Waals surface area (Å²) >= 11 is 0. The topological polar surface area (TPSA) is 56.7 Å². The fourth-order valence-electron chi connectivity index (χ4n) is 7.89. The van der Waals surface area contributed by atoms with Gasteiger partial charge >= 0.3 is 0 Å². The Balaban J connectivity index is 1.08. The Kier molecular flexibility index (Phi) is 6.79. The lowest BCUT2D eigenvalue weighted by Gasteiger charge is -2.11. The molecule has 0 N–H and O–H groups in total. The normalized spacial score (nSPS) is 11.7. The van der Waals surface area contributed by atoms with Crippen LogP contribution < -0.4 is 0 Å². The molecule has 0 saturated heterocycles. The van der Waals surface area contributed by atoms with Crippen LogP contribution in [-0.2, 0) is 0 Å². The highest BCUT2D eigenvalue weighted by Gasteiger charge is 2.21. The van der Waals surface area contributed by atoms with Gasteiger partial charge in [0.2, 0.25) is 0 Å². The van der Waals surface area contributed by atoms with Crippen molar-refractivity contribution in [2.24, 2.45) is 0 Å². The summed E-state index contributed by atoms with van der Waals surface area (Å²) in [5.41, 5.74) is 10.1. The van der Waals surface area contributed by atoms with Gasteiger partial charge in [-0.1, -0.05) is 140 Å².